The second-order valence-electron chi connectivity index (χ2n) is 6.04. The van der Waals surface area contributed by atoms with Crippen molar-refractivity contribution < 1.29 is 9.59 Å². The minimum atomic E-state index is -0.0775. The van der Waals surface area contributed by atoms with Gasteiger partial charge in [-0.25, -0.2) is 0 Å². The molecule has 0 spiro atoms. The number of nitrogens with zero attached hydrogens (tertiary/aromatic N) is 1. The summed E-state index contributed by atoms with van der Waals surface area (Å²) >= 11 is 5.13. The molecule has 24 heavy (non-hydrogen) atoms. The van der Waals surface area contributed by atoms with Crippen molar-refractivity contribution in [2.24, 2.45) is 0 Å². The van der Waals surface area contributed by atoms with Crippen LogP contribution in [-0.4, -0.2) is 34.9 Å². The van der Waals surface area contributed by atoms with Gasteiger partial charge in [-0.15, -0.1) is 0 Å². The molecule has 5 nitrogen and oxygen atoms in total. The molecule has 0 aliphatic carbocycles. The third-order valence-electron chi connectivity index (χ3n) is 4.04. The molecular formula is C18H25N3O2S. The Hall–Kier alpha value is -1.95. The Labute approximate surface area is 148 Å². The Bertz CT molecular complexity index is 580. The fourth-order valence-corrected chi connectivity index (χ4v) is 2.90. The first-order valence-electron chi connectivity index (χ1n) is 8.60. The number of hydrogen-bond acceptors (Lipinski definition) is 3. The molecule has 0 aromatic heterocycles. The van der Waals surface area contributed by atoms with E-state index in [4.69, 9.17) is 12.2 Å². The van der Waals surface area contributed by atoms with Crippen LogP contribution in [0.5, 0.6) is 0 Å². The van der Waals surface area contributed by atoms with E-state index < -0.39 is 0 Å². The van der Waals surface area contributed by atoms with Crippen molar-refractivity contribution in [3.8, 4) is 0 Å². The molecule has 0 bridgehead atoms. The van der Waals surface area contributed by atoms with Crippen LogP contribution in [0.2, 0.25) is 0 Å². The van der Waals surface area contributed by atoms with Gasteiger partial charge >= 0.3 is 0 Å². The summed E-state index contributed by atoms with van der Waals surface area (Å²) in [7, 11) is 0. The van der Waals surface area contributed by atoms with Crippen LogP contribution in [0.15, 0.2) is 24.3 Å². The van der Waals surface area contributed by atoms with Crippen LogP contribution in [0.3, 0.4) is 0 Å². The molecule has 1 aliphatic rings. The van der Waals surface area contributed by atoms with E-state index in [0.717, 1.165) is 44.5 Å². The summed E-state index contributed by atoms with van der Waals surface area (Å²) in [6.45, 7) is 3.72. The fraction of sp³-hybridized carbons (Fsp3) is 0.500. The number of hydrogen-bond donors (Lipinski definition) is 2. The lowest BCUT2D eigenvalue weighted by Crippen LogP contribution is -2.35. The van der Waals surface area contributed by atoms with Crippen LogP contribution in [-0.2, 0) is 4.79 Å². The number of nitrogens with one attached hydrogen (secondary N) is 2. The van der Waals surface area contributed by atoms with Gasteiger partial charge in [0, 0.05) is 30.8 Å². The molecule has 1 saturated heterocycles. The third-order valence-corrected chi connectivity index (χ3v) is 4.25. The van der Waals surface area contributed by atoms with Gasteiger partial charge in [0.25, 0.3) is 5.91 Å². The van der Waals surface area contributed by atoms with Gasteiger partial charge in [0.1, 0.15) is 0 Å². The summed E-state index contributed by atoms with van der Waals surface area (Å²) in [6, 6.07) is 7.20. The largest absolute Gasteiger partial charge is 0.339 e. The van der Waals surface area contributed by atoms with Gasteiger partial charge in [-0.1, -0.05) is 13.3 Å². The van der Waals surface area contributed by atoms with E-state index in [1.54, 1.807) is 12.1 Å². The molecule has 2 N–H and O–H groups in total. The van der Waals surface area contributed by atoms with Gasteiger partial charge in [-0.05, 0) is 62.2 Å². The second-order valence-corrected chi connectivity index (χ2v) is 6.44. The van der Waals surface area contributed by atoms with Crippen LogP contribution in [0, 0.1) is 0 Å². The number of carbonyl (C=O) groups is 2. The van der Waals surface area contributed by atoms with E-state index in [1.807, 2.05) is 24.0 Å². The van der Waals surface area contributed by atoms with Gasteiger partial charge in [0.15, 0.2) is 5.11 Å². The Morgan fingerprint density at radius 2 is 1.79 bits per heavy atom. The predicted octanol–water partition coefficient (Wildman–Crippen LogP) is 3.32. The molecule has 1 aliphatic heterocycles. The highest BCUT2D eigenvalue weighted by Crippen LogP contribution is 2.15. The van der Waals surface area contributed by atoms with Crippen molar-refractivity contribution in [2.45, 2.75) is 45.4 Å². The highest BCUT2D eigenvalue weighted by Gasteiger charge is 2.17. The predicted molar refractivity (Wildman–Crippen MR) is 100 cm³/mol. The summed E-state index contributed by atoms with van der Waals surface area (Å²) < 4.78 is 0. The van der Waals surface area contributed by atoms with E-state index in [-0.39, 0.29) is 16.9 Å². The monoisotopic (exact) mass is 347 g/mol. The number of carbonyl (C=O) groups excluding carboxylic acids is 2. The number of benzene rings is 1. The van der Waals surface area contributed by atoms with Crippen molar-refractivity contribution in [3.63, 3.8) is 0 Å². The van der Waals surface area contributed by atoms with E-state index in [0.29, 0.717) is 12.0 Å². The summed E-state index contributed by atoms with van der Waals surface area (Å²) in [6.07, 6.45) is 5.66. The first-order valence-corrected chi connectivity index (χ1v) is 9.01. The Morgan fingerprint density at radius 1 is 1.12 bits per heavy atom. The number of anilines is 1. The Balaban J connectivity index is 1.86. The zero-order valence-corrected chi connectivity index (χ0v) is 15.0. The molecule has 2 rings (SSSR count). The quantitative estimate of drug-likeness (QED) is 0.802. The number of amides is 2. The second kappa shape index (κ2) is 9.37. The van der Waals surface area contributed by atoms with Crippen molar-refractivity contribution in [2.75, 3.05) is 18.4 Å². The molecule has 6 heteroatoms. The van der Waals surface area contributed by atoms with Gasteiger partial charge in [0.05, 0.1) is 0 Å². The highest BCUT2D eigenvalue weighted by atomic mass is 32.1. The normalized spacial score (nSPS) is 14.1. The van der Waals surface area contributed by atoms with E-state index in [1.165, 1.54) is 6.42 Å². The average molecular weight is 347 g/mol. The zero-order valence-electron chi connectivity index (χ0n) is 14.1. The van der Waals surface area contributed by atoms with Crippen molar-refractivity contribution in [1.82, 2.24) is 10.2 Å². The number of thiocarbonyl (C=S) groups is 1. The third kappa shape index (κ3) is 5.60. The lowest BCUT2D eigenvalue weighted by Gasteiger charge is -2.26. The first kappa shape index (κ1) is 18.4. The molecule has 0 saturated carbocycles. The molecule has 1 fully saturated rings. The van der Waals surface area contributed by atoms with Gasteiger partial charge < -0.3 is 15.5 Å². The lowest BCUT2D eigenvalue weighted by molar-refractivity contribution is -0.119. The summed E-state index contributed by atoms with van der Waals surface area (Å²) in [5.74, 6) is 0.00272. The molecule has 0 unspecified atom stereocenters. The van der Waals surface area contributed by atoms with Crippen molar-refractivity contribution >= 4 is 34.8 Å². The summed E-state index contributed by atoms with van der Waals surface area (Å²) in [5.41, 5.74) is 1.44. The van der Waals surface area contributed by atoms with Crippen LogP contribution in [0.1, 0.15) is 55.8 Å². The van der Waals surface area contributed by atoms with Crippen molar-refractivity contribution in [1.29, 1.82) is 0 Å². The van der Waals surface area contributed by atoms with Crippen molar-refractivity contribution in [3.05, 3.63) is 29.8 Å². The minimum Gasteiger partial charge on any atom is -0.339 e. The summed E-state index contributed by atoms with van der Waals surface area (Å²) in [5, 5.41) is 5.91. The van der Waals surface area contributed by atoms with Gasteiger partial charge in [-0.2, -0.15) is 0 Å². The van der Waals surface area contributed by atoms with E-state index >= 15 is 0 Å². The molecule has 130 valence electrons. The average Bonchev–Trinajstić information content (AvgIpc) is 2.60. The molecule has 1 aromatic rings. The standard InChI is InChI=1S/C18H25N3O2S/c1-2-3-7-16(22)20-18(24)19-15-10-8-14(9-11-15)17(23)21-12-5-4-6-13-21/h8-11H,2-7,12-13H2,1H3,(H2,19,20,22,24). The minimum absolute atomic E-state index is 0.0775. The van der Waals surface area contributed by atoms with Gasteiger partial charge in [-0.3, -0.25) is 9.59 Å². The molecule has 0 atom stereocenters. The van der Waals surface area contributed by atoms with Crippen LogP contribution in [0.4, 0.5) is 5.69 Å². The van der Waals surface area contributed by atoms with Gasteiger partial charge in [0.2, 0.25) is 5.91 Å². The zero-order chi connectivity index (χ0) is 17.4. The maximum Gasteiger partial charge on any atom is 0.253 e. The van der Waals surface area contributed by atoms with E-state index in [2.05, 4.69) is 10.6 Å². The maximum atomic E-state index is 12.4. The number of unbranched alkanes of at least 4 members (excludes halogenated alkanes) is 1. The lowest BCUT2D eigenvalue weighted by atomic mass is 10.1. The number of piperidine rings is 1. The molecule has 2 amide bonds. The topological polar surface area (TPSA) is 61.4 Å². The fourth-order valence-electron chi connectivity index (χ4n) is 2.66. The van der Waals surface area contributed by atoms with Crippen LogP contribution < -0.4 is 10.6 Å². The molecule has 1 heterocycles. The smallest absolute Gasteiger partial charge is 0.253 e. The Kier molecular flexibility index (Phi) is 7.18. The maximum absolute atomic E-state index is 12.4. The molecular weight excluding hydrogens is 322 g/mol. The molecule has 0 radical (unpaired) electrons. The number of rotatable bonds is 5. The SMILES string of the molecule is CCCCC(=O)NC(=S)Nc1ccc(C(=O)N2CCCCC2)cc1. The van der Waals surface area contributed by atoms with Crippen LogP contribution in [0.25, 0.3) is 0 Å². The highest BCUT2D eigenvalue weighted by molar-refractivity contribution is 7.80. The Morgan fingerprint density at radius 3 is 2.42 bits per heavy atom. The number of likely N-dealkylation sites (tertiary alicyclic amines) is 1. The summed E-state index contributed by atoms with van der Waals surface area (Å²) in [4.78, 5) is 25.9. The van der Waals surface area contributed by atoms with Crippen LogP contribution >= 0.6 is 12.2 Å². The molecule has 1 aromatic carbocycles. The first-order chi connectivity index (χ1) is 11.6. The van der Waals surface area contributed by atoms with E-state index in [9.17, 15) is 9.59 Å².